The van der Waals surface area contributed by atoms with Crippen molar-refractivity contribution in [1.29, 1.82) is 0 Å². The number of carbonyl (C=O) groups is 3. The molecule has 1 amide bonds. The molecule has 0 aromatic heterocycles. The summed E-state index contributed by atoms with van der Waals surface area (Å²) in [7, 11) is 0. The first-order valence-corrected chi connectivity index (χ1v) is 4.49. The number of nitrogens with one attached hydrogen (secondary N) is 1. The fraction of sp³-hybridized carbons (Fsp3) is 0.444. The highest BCUT2D eigenvalue weighted by molar-refractivity contribution is 5.80. The highest BCUT2D eigenvalue weighted by atomic mass is 16.4. The van der Waals surface area contributed by atoms with Gasteiger partial charge in [-0.15, -0.1) is 6.58 Å². The largest absolute Gasteiger partial charge is 0.480 e. The summed E-state index contributed by atoms with van der Waals surface area (Å²) < 4.78 is 0. The zero-order valence-electron chi connectivity index (χ0n) is 8.68. The van der Waals surface area contributed by atoms with Crippen molar-refractivity contribution in [2.24, 2.45) is 0 Å². The Kier molecular flexibility index (Phi) is 6.53. The van der Waals surface area contributed by atoms with Crippen molar-refractivity contribution < 1.29 is 24.6 Å². The van der Waals surface area contributed by atoms with Crippen LogP contribution in [-0.4, -0.2) is 59.1 Å². The molecule has 0 heterocycles. The van der Waals surface area contributed by atoms with E-state index in [0.717, 1.165) is 4.90 Å². The second-order valence-electron chi connectivity index (χ2n) is 3.03. The van der Waals surface area contributed by atoms with Crippen molar-refractivity contribution in [1.82, 2.24) is 10.2 Å². The molecule has 0 atom stereocenters. The van der Waals surface area contributed by atoms with E-state index in [-0.39, 0.29) is 13.1 Å². The van der Waals surface area contributed by atoms with Gasteiger partial charge < -0.3 is 15.5 Å². The van der Waals surface area contributed by atoms with E-state index in [9.17, 15) is 14.4 Å². The summed E-state index contributed by atoms with van der Waals surface area (Å²) in [6.07, 6.45) is 1.47. The van der Waals surface area contributed by atoms with E-state index >= 15 is 0 Å². The molecule has 0 bridgehead atoms. The van der Waals surface area contributed by atoms with Gasteiger partial charge >= 0.3 is 11.9 Å². The highest BCUT2D eigenvalue weighted by Gasteiger charge is 2.16. The van der Waals surface area contributed by atoms with Crippen LogP contribution in [0.5, 0.6) is 0 Å². The summed E-state index contributed by atoms with van der Waals surface area (Å²) in [6, 6.07) is 0. The Morgan fingerprint density at radius 1 is 1.12 bits per heavy atom. The molecule has 16 heavy (non-hydrogen) atoms. The van der Waals surface area contributed by atoms with Gasteiger partial charge in [-0.25, -0.2) is 0 Å². The zero-order valence-corrected chi connectivity index (χ0v) is 8.68. The van der Waals surface area contributed by atoms with Crippen molar-refractivity contribution in [3.05, 3.63) is 12.7 Å². The molecule has 0 rings (SSSR count). The molecule has 0 aliphatic carbocycles. The van der Waals surface area contributed by atoms with Gasteiger partial charge in [-0.2, -0.15) is 0 Å². The molecular formula is C9H14N2O5. The topological polar surface area (TPSA) is 107 Å². The van der Waals surface area contributed by atoms with Crippen LogP contribution in [0.3, 0.4) is 0 Å². The Morgan fingerprint density at radius 2 is 1.62 bits per heavy atom. The normalized spacial score (nSPS) is 9.81. The summed E-state index contributed by atoms with van der Waals surface area (Å²) in [5.74, 6) is -2.81. The van der Waals surface area contributed by atoms with Gasteiger partial charge in [0.2, 0.25) is 5.91 Å². The van der Waals surface area contributed by atoms with Crippen LogP contribution in [0.15, 0.2) is 12.7 Å². The standard InChI is InChI=1S/C9H14N2O5/c1-2-3-10-7(12)4-11(5-8(13)14)6-9(15)16/h2H,1,3-6H2,(H,10,12)(H,13,14)(H,15,16). The quantitative estimate of drug-likeness (QED) is 0.450. The first-order chi connectivity index (χ1) is 7.45. The maximum Gasteiger partial charge on any atom is 0.317 e. The number of nitrogens with zero attached hydrogens (tertiary/aromatic N) is 1. The molecule has 0 aliphatic rings. The average Bonchev–Trinajstić information content (AvgIpc) is 2.12. The van der Waals surface area contributed by atoms with E-state index in [1.54, 1.807) is 0 Å². The van der Waals surface area contributed by atoms with Gasteiger partial charge in [-0.1, -0.05) is 6.08 Å². The van der Waals surface area contributed by atoms with E-state index in [4.69, 9.17) is 10.2 Å². The van der Waals surface area contributed by atoms with Crippen LogP contribution in [0.25, 0.3) is 0 Å². The van der Waals surface area contributed by atoms with Gasteiger partial charge in [0.05, 0.1) is 19.6 Å². The molecule has 3 N–H and O–H groups in total. The molecule has 0 aromatic carbocycles. The molecule has 0 aromatic rings. The fourth-order valence-electron chi connectivity index (χ4n) is 0.995. The number of amides is 1. The lowest BCUT2D eigenvalue weighted by Gasteiger charge is -2.16. The van der Waals surface area contributed by atoms with Crippen molar-refractivity contribution in [2.45, 2.75) is 0 Å². The minimum Gasteiger partial charge on any atom is -0.480 e. The first kappa shape index (κ1) is 14.1. The lowest BCUT2D eigenvalue weighted by molar-refractivity contribution is -0.142. The number of aliphatic carboxylic acids is 2. The van der Waals surface area contributed by atoms with Gasteiger partial charge in [0, 0.05) is 6.54 Å². The Morgan fingerprint density at radius 3 is 2.00 bits per heavy atom. The van der Waals surface area contributed by atoms with Crippen LogP contribution in [0.2, 0.25) is 0 Å². The summed E-state index contributed by atoms with van der Waals surface area (Å²) in [4.78, 5) is 33.0. The Balaban J connectivity index is 4.18. The smallest absolute Gasteiger partial charge is 0.317 e. The minimum atomic E-state index is -1.18. The van der Waals surface area contributed by atoms with E-state index in [0.29, 0.717) is 0 Å². The third kappa shape index (κ3) is 7.51. The molecule has 7 heteroatoms. The molecule has 0 saturated carbocycles. The lowest BCUT2D eigenvalue weighted by Crippen LogP contribution is -2.42. The summed E-state index contributed by atoms with van der Waals surface area (Å²) in [5.41, 5.74) is 0. The average molecular weight is 230 g/mol. The van der Waals surface area contributed by atoms with E-state index in [1.807, 2.05) is 0 Å². The monoisotopic (exact) mass is 230 g/mol. The molecule has 7 nitrogen and oxygen atoms in total. The Hall–Kier alpha value is -1.89. The van der Waals surface area contributed by atoms with Gasteiger partial charge in [-0.3, -0.25) is 19.3 Å². The van der Waals surface area contributed by atoms with Crippen LogP contribution in [0.4, 0.5) is 0 Å². The summed E-state index contributed by atoms with van der Waals surface area (Å²) in [5, 5.41) is 19.4. The second kappa shape index (κ2) is 7.41. The molecule has 0 radical (unpaired) electrons. The van der Waals surface area contributed by atoms with Crippen LogP contribution < -0.4 is 5.32 Å². The fourth-order valence-corrected chi connectivity index (χ4v) is 0.995. The number of carboxylic acids is 2. The van der Waals surface area contributed by atoms with Crippen molar-refractivity contribution in [3.8, 4) is 0 Å². The van der Waals surface area contributed by atoms with Gasteiger partial charge in [-0.05, 0) is 0 Å². The van der Waals surface area contributed by atoms with Gasteiger partial charge in [0.1, 0.15) is 0 Å². The molecule has 0 spiro atoms. The van der Waals surface area contributed by atoms with Crippen LogP contribution in [-0.2, 0) is 14.4 Å². The molecule has 0 saturated heterocycles. The van der Waals surface area contributed by atoms with Crippen LogP contribution in [0.1, 0.15) is 0 Å². The number of hydrogen-bond donors (Lipinski definition) is 3. The second-order valence-corrected chi connectivity index (χ2v) is 3.03. The number of hydrogen-bond acceptors (Lipinski definition) is 4. The van der Waals surface area contributed by atoms with Crippen LogP contribution in [0, 0.1) is 0 Å². The minimum absolute atomic E-state index is 0.257. The van der Waals surface area contributed by atoms with E-state index in [2.05, 4.69) is 11.9 Å². The van der Waals surface area contributed by atoms with Gasteiger partial charge in [0.25, 0.3) is 0 Å². The number of rotatable bonds is 8. The molecule has 0 fully saturated rings. The third-order valence-corrected chi connectivity index (χ3v) is 1.53. The molecule has 0 aliphatic heterocycles. The van der Waals surface area contributed by atoms with E-state index < -0.39 is 30.9 Å². The zero-order chi connectivity index (χ0) is 12.6. The Labute approximate surface area is 92.4 Å². The maximum atomic E-state index is 11.2. The van der Waals surface area contributed by atoms with Crippen molar-refractivity contribution in [2.75, 3.05) is 26.2 Å². The van der Waals surface area contributed by atoms with Gasteiger partial charge in [0.15, 0.2) is 0 Å². The summed E-state index contributed by atoms with van der Waals surface area (Å²) >= 11 is 0. The third-order valence-electron chi connectivity index (χ3n) is 1.53. The summed E-state index contributed by atoms with van der Waals surface area (Å²) in [6.45, 7) is 2.39. The van der Waals surface area contributed by atoms with Crippen molar-refractivity contribution >= 4 is 17.8 Å². The number of carboxylic acid groups (broad SMARTS) is 2. The highest BCUT2D eigenvalue weighted by Crippen LogP contribution is 1.88. The maximum absolute atomic E-state index is 11.2. The number of carbonyl (C=O) groups excluding carboxylic acids is 1. The SMILES string of the molecule is C=CCNC(=O)CN(CC(=O)O)CC(=O)O. The predicted molar refractivity (Wildman–Crippen MR) is 54.9 cm³/mol. The molecule has 0 unspecified atom stereocenters. The van der Waals surface area contributed by atoms with Crippen molar-refractivity contribution in [3.63, 3.8) is 0 Å². The van der Waals surface area contributed by atoms with E-state index in [1.165, 1.54) is 6.08 Å². The molecule has 90 valence electrons. The van der Waals surface area contributed by atoms with Crippen LogP contribution >= 0.6 is 0 Å². The Bertz CT molecular complexity index is 274. The first-order valence-electron chi connectivity index (χ1n) is 4.49. The lowest BCUT2D eigenvalue weighted by atomic mass is 10.4. The molecular weight excluding hydrogens is 216 g/mol. The predicted octanol–water partition coefficient (Wildman–Crippen LogP) is -1.24.